The molecule has 0 atom stereocenters. The van der Waals surface area contributed by atoms with Crippen LogP contribution in [0.1, 0.15) is 69.2 Å². The molecule has 224 valence electrons. The summed E-state index contributed by atoms with van der Waals surface area (Å²) in [6.07, 6.45) is -0.715. The first-order valence-electron chi connectivity index (χ1n) is 13.4. The topological polar surface area (TPSA) is 141 Å². The zero-order valence-electron chi connectivity index (χ0n) is 25.0. The van der Waals surface area contributed by atoms with Crippen LogP contribution in [-0.4, -0.2) is 56.3 Å². The van der Waals surface area contributed by atoms with E-state index in [9.17, 15) is 19.2 Å². The fraction of sp³-hybridized carbons (Fsp3) is 0.467. The Labute approximate surface area is 241 Å². The number of carbonyl (C=O) groups is 4. The van der Waals surface area contributed by atoms with Crippen molar-refractivity contribution in [2.75, 3.05) is 37.5 Å². The average Bonchev–Trinajstić information content (AvgIpc) is 2.89. The van der Waals surface area contributed by atoms with Gasteiger partial charge in [-0.2, -0.15) is 0 Å². The van der Waals surface area contributed by atoms with Gasteiger partial charge in [0.2, 0.25) is 5.91 Å². The first-order valence-corrected chi connectivity index (χ1v) is 13.4. The van der Waals surface area contributed by atoms with Crippen molar-refractivity contribution in [1.29, 1.82) is 0 Å². The van der Waals surface area contributed by atoms with E-state index in [1.807, 2.05) is 27.7 Å². The van der Waals surface area contributed by atoms with E-state index in [0.717, 1.165) is 0 Å². The summed E-state index contributed by atoms with van der Waals surface area (Å²) in [4.78, 5) is 49.6. The molecule has 0 aliphatic rings. The van der Waals surface area contributed by atoms with Crippen molar-refractivity contribution >= 4 is 35.3 Å². The third kappa shape index (κ3) is 11.4. The molecule has 0 saturated carbocycles. The van der Waals surface area contributed by atoms with Crippen LogP contribution in [-0.2, 0) is 14.3 Å². The molecule has 41 heavy (non-hydrogen) atoms. The van der Waals surface area contributed by atoms with E-state index in [0.29, 0.717) is 30.3 Å². The summed E-state index contributed by atoms with van der Waals surface area (Å²) in [5, 5.41) is 7.92. The molecule has 0 spiro atoms. The predicted molar refractivity (Wildman–Crippen MR) is 156 cm³/mol. The van der Waals surface area contributed by atoms with Crippen LogP contribution in [0.4, 0.5) is 16.2 Å². The Kier molecular flexibility index (Phi) is 12.0. The monoisotopic (exact) mass is 571 g/mol. The molecular weight excluding hydrogens is 530 g/mol. The second kappa shape index (κ2) is 14.9. The third-order valence-electron chi connectivity index (χ3n) is 5.11. The molecule has 2 aromatic rings. The zero-order valence-corrected chi connectivity index (χ0v) is 25.0. The Hall–Kier alpha value is -4.28. The molecule has 0 heterocycles. The van der Waals surface area contributed by atoms with Gasteiger partial charge < -0.3 is 34.9 Å². The number of ether oxygens (including phenoxy) is 4. The van der Waals surface area contributed by atoms with Crippen LogP contribution in [0.15, 0.2) is 36.4 Å². The van der Waals surface area contributed by atoms with Crippen molar-refractivity contribution in [2.45, 2.75) is 54.1 Å². The standard InChI is InChI=1S/C30H41N3O8/c1-18(2)16-39-24-13-20(9-11-22(24)32-26(34)15-31-29(37)41-30(5,6)7)27(35)33-23-12-10-21(28(36)38-8)14-25(23)40-17-19(3)4/h9-14,18-19H,15-17H2,1-8H3,(H,31,37)(H,32,34)(H,33,35). The lowest BCUT2D eigenvalue weighted by atomic mass is 10.1. The van der Waals surface area contributed by atoms with Crippen LogP contribution < -0.4 is 25.4 Å². The first kappa shape index (κ1) is 32.9. The van der Waals surface area contributed by atoms with Gasteiger partial charge in [-0.1, -0.05) is 27.7 Å². The first-order chi connectivity index (χ1) is 19.2. The smallest absolute Gasteiger partial charge is 0.408 e. The minimum absolute atomic E-state index is 0.179. The predicted octanol–water partition coefficient (Wildman–Crippen LogP) is 5.26. The molecule has 0 aliphatic heterocycles. The quantitative estimate of drug-likeness (QED) is 0.293. The summed E-state index contributed by atoms with van der Waals surface area (Å²) in [5.74, 6) is -0.476. The molecule has 0 unspecified atom stereocenters. The van der Waals surface area contributed by atoms with Crippen molar-refractivity contribution in [1.82, 2.24) is 5.32 Å². The summed E-state index contributed by atoms with van der Waals surface area (Å²) < 4.78 is 21.7. The van der Waals surface area contributed by atoms with Gasteiger partial charge in [0.1, 0.15) is 23.6 Å². The molecule has 0 aliphatic carbocycles. The second-order valence-corrected chi connectivity index (χ2v) is 11.2. The molecule has 0 bridgehead atoms. The third-order valence-corrected chi connectivity index (χ3v) is 5.11. The maximum atomic E-state index is 13.2. The lowest BCUT2D eigenvalue weighted by Gasteiger charge is -2.20. The fourth-order valence-corrected chi connectivity index (χ4v) is 3.24. The van der Waals surface area contributed by atoms with Crippen LogP contribution in [0, 0.1) is 11.8 Å². The molecular formula is C30H41N3O8. The highest BCUT2D eigenvalue weighted by molar-refractivity contribution is 6.06. The Morgan fingerprint density at radius 3 is 1.80 bits per heavy atom. The van der Waals surface area contributed by atoms with Gasteiger partial charge in [-0.05, 0) is 69.0 Å². The summed E-state index contributed by atoms with van der Waals surface area (Å²) in [6, 6.07) is 9.22. The van der Waals surface area contributed by atoms with E-state index in [2.05, 4.69) is 16.0 Å². The number of amides is 3. The molecule has 0 saturated heterocycles. The summed E-state index contributed by atoms with van der Waals surface area (Å²) in [5.41, 5.74) is 0.565. The highest BCUT2D eigenvalue weighted by Gasteiger charge is 2.19. The number of anilines is 2. The van der Waals surface area contributed by atoms with Gasteiger partial charge in [0.25, 0.3) is 5.91 Å². The minimum Gasteiger partial charge on any atom is -0.491 e. The van der Waals surface area contributed by atoms with Gasteiger partial charge in [-0.15, -0.1) is 0 Å². The van der Waals surface area contributed by atoms with Gasteiger partial charge in [-0.25, -0.2) is 9.59 Å². The molecule has 3 N–H and O–H groups in total. The fourth-order valence-electron chi connectivity index (χ4n) is 3.24. The number of methoxy groups -OCH3 is 1. The van der Waals surface area contributed by atoms with Gasteiger partial charge >= 0.3 is 12.1 Å². The number of alkyl carbamates (subject to hydrolysis) is 1. The highest BCUT2D eigenvalue weighted by Crippen LogP contribution is 2.30. The zero-order chi connectivity index (χ0) is 30.7. The normalized spacial score (nSPS) is 11.1. The summed E-state index contributed by atoms with van der Waals surface area (Å²) in [7, 11) is 1.29. The number of nitrogens with one attached hydrogen (secondary N) is 3. The van der Waals surface area contributed by atoms with E-state index in [1.54, 1.807) is 32.9 Å². The number of benzene rings is 2. The van der Waals surface area contributed by atoms with Crippen LogP contribution in [0.5, 0.6) is 11.5 Å². The number of hydrogen-bond donors (Lipinski definition) is 3. The van der Waals surface area contributed by atoms with Crippen molar-refractivity contribution in [3.63, 3.8) is 0 Å². The average molecular weight is 572 g/mol. The summed E-state index contributed by atoms with van der Waals surface area (Å²) in [6.45, 7) is 13.5. The van der Waals surface area contributed by atoms with Crippen LogP contribution in [0.2, 0.25) is 0 Å². The summed E-state index contributed by atoms with van der Waals surface area (Å²) >= 11 is 0. The molecule has 11 nitrogen and oxygen atoms in total. The van der Waals surface area contributed by atoms with E-state index < -0.39 is 29.5 Å². The van der Waals surface area contributed by atoms with E-state index >= 15 is 0 Å². The Balaban J connectivity index is 2.24. The molecule has 2 aromatic carbocycles. The van der Waals surface area contributed by atoms with Crippen molar-refractivity contribution in [3.8, 4) is 11.5 Å². The van der Waals surface area contributed by atoms with Gasteiger partial charge in [0.15, 0.2) is 0 Å². The van der Waals surface area contributed by atoms with Crippen molar-refractivity contribution in [3.05, 3.63) is 47.5 Å². The Morgan fingerprint density at radius 2 is 1.29 bits per heavy atom. The number of carbonyl (C=O) groups excluding carboxylic acids is 4. The highest BCUT2D eigenvalue weighted by atomic mass is 16.6. The van der Waals surface area contributed by atoms with Crippen LogP contribution in [0.3, 0.4) is 0 Å². The molecule has 3 amide bonds. The number of esters is 1. The molecule has 11 heteroatoms. The molecule has 0 radical (unpaired) electrons. The molecule has 0 aromatic heterocycles. The Bertz CT molecular complexity index is 1230. The lowest BCUT2D eigenvalue weighted by Crippen LogP contribution is -2.37. The SMILES string of the molecule is COC(=O)c1ccc(NC(=O)c2ccc(NC(=O)CNC(=O)OC(C)(C)C)c(OCC(C)C)c2)c(OCC(C)C)c1. The maximum Gasteiger partial charge on any atom is 0.408 e. The molecule has 0 fully saturated rings. The maximum absolute atomic E-state index is 13.2. The van der Waals surface area contributed by atoms with Crippen molar-refractivity contribution < 1.29 is 38.1 Å². The van der Waals surface area contributed by atoms with E-state index in [-0.39, 0.29) is 35.3 Å². The van der Waals surface area contributed by atoms with E-state index in [4.69, 9.17) is 18.9 Å². The van der Waals surface area contributed by atoms with Crippen LogP contribution in [0.25, 0.3) is 0 Å². The Morgan fingerprint density at radius 1 is 0.780 bits per heavy atom. The number of rotatable bonds is 12. The van der Waals surface area contributed by atoms with Gasteiger partial charge in [-0.3, -0.25) is 9.59 Å². The minimum atomic E-state index is -0.715. The van der Waals surface area contributed by atoms with Gasteiger partial charge in [0.05, 0.1) is 37.3 Å². The lowest BCUT2D eigenvalue weighted by molar-refractivity contribution is -0.115. The van der Waals surface area contributed by atoms with E-state index in [1.165, 1.54) is 31.4 Å². The largest absolute Gasteiger partial charge is 0.491 e. The molecule has 2 rings (SSSR count). The van der Waals surface area contributed by atoms with Crippen LogP contribution >= 0.6 is 0 Å². The second-order valence-electron chi connectivity index (χ2n) is 11.2. The number of hydrogen-bond acceptors (Lipinski definition) is 8. The van der Waals surface area contributed by atoms with Gasteiger partial charge in [0, 0.05) is 5.56 Å². The van der Waals surface area contributed by atoms with Crippen molar-refractivity contribution in [2.24, 2.45) is 11.8 Å².